The van der Waals surface area contributed by atoms with Gasteiger partial charge in [-0.15, -0.1) is 6.58 Å². The summed E-state index contributed by atoms with van der Waals surface area (Å²) in [4.78, 5) is 2.18. The van der Waals surface area contributed by atoms with Crippen LogP contribution in [0.2, 0.25) is 0 Å². The Morgan fingerprint density at radius 1 is 1.36 bits per heavy atom. The van der Waals surface area contributed by atoms with Crippen LogP contribution < -0.4 is 0 Å². The molecule has 1 aliphatic rings. The lowest BCUT2D eigenvalue weighted by atomic mass is 9.91. The standard InChI is InChI=1S/C7H14BNO2/c1-3-8-10-6-4-9(2)5-7-11-8/h3H,1,4-7H2,2H3. The van der Waals surface area contributed by atoms with Gasteiger partial charge in [-0.05, 0) is 7.05 Å². The van der Waals surface area contributed by atoms with Crippen LogP contribution in [-0.2, 0) is 9.31 Å². The maximum atomic E-state index is 5.32. The van der Waals surface area contributed by atoms with Gasteiger partial charge in [0.15, 0.2) is 0 Å². The lowest BCUT2D eigenvalue weighted by Crippen LogP contribution is -2.35. The second-order valence-corrected chi connectivity index (χ2v) is 2.65. The van der Waals surface area contributed by atoms with Crippen LogP contribution >= 0.6 is 0 Å². The van der Waals surface area contributed by atoms with E-state index in [1.807, 2.05) is 0 Å². The highest BCUT2D eigenvalue weighted by Crippen LogP contribution is 1.96. The molecule has 0 aliphatic carbocycles. The van der Waals surface area contributed by atoms with Gasteiger partial charge in [0, 0.05) is 26.3 Å². The van der Waals surface area contributed by atoms with E-state index in [-0.39, 0.29) is 7.12 Å². The molecule has 0 aromatic carbocycles. The fourth-order valence-corrected chi connectivity index (χ4v) is 0.945. The first-order chi connectivity index (χ1) is 5.33. The molecule has 0 aromatic rings. The zero-order valence-electron chi connectivity index (χ0n) is 6.95. The van der Waals surface area contributed by atoms with E-state index in [0.717, 1.165) is 13.1 Å². The molecule has 0 atom stereocenters. The highest BCUT2D eigenvalue weighted by Gasteiger charge is 2.15. The molecule has 62 valence electrons. The predicted octanol–water partition coefficient (Wildman–Crippen LogP) is 0.178. The van der Waals surface area contributed by atoms with Crippen molar-refractivity contribution in [3.05, 3.63) is 12.6 Å². The van der Waals surface area contributed by atoms with Gasteiger partial charge >= 0.3 is 7.12 Å². The molecule has 0 aromatic heterocycles. The van der Waals surface area contributed by atoms with Crippen molar-refractivity contribution in [1.29, 1.82) is 0 Å². The summed E-state index contributed by atoms with van der Waals surface area (Å²) >= 11 is 0. The molecular weight excluding hydrogens is 141 g/mol. The Hall–Kier alpha value is -0.315. The van der Waals surface area contributed by atoms with E-state index in [1.165, 1.54) is 0 Å². The molecule has 3 nitrogen and oxygen atoms in total. The molecule has 4 heteroatoms. The summed E-state index contributed by atoms with van der Waals surface area (Å²) < 4.78 is 10.6. The number of likely N-dealkylation sites (N-methyl/N-ethyl adjacent to an activating group) is 1. The van der Waals surface area contributed by atoms with Crippen LogP contribution in [0.3, 0.4) is 0 Å². The van der Waals surface area contributed by atoms with Crippen LogP contribution in [0.15, 0.2) is 12.6 Å². The first-order valence-corrected chi connectivity index (χ1v) is 3.87. The fourth-order valence-electron chi connectivity index (χ4n) is 0.945. The van der Waals surface area contributed by atoms with Crippen molar-refractivity contribution in [2.75, 3.05) is 33.4 Å². The van der Waals surface area contributed by atoms with Gasteiger partial charge in [-0.1, -0.05) is 5.98 Å². The van der Waals surface area contributed by atoms with Crippen molar-refractivity contribution in [2.24, 2.45) is 0 Å². The molecule has 0 unspecified atom stereocenters. The first kappa shape index (κ1) is 8.78. The van der Waals surface area contributed by atoms with Crippen LogP contribution in [0.1, 0.15) is 0 Å². The van der Waals surface area contributed by atoms with Gasteiger partial charge in [-0.2, -0.15) is 0 Å². The van der Waals surface area contributed by atoms with Gasteiger partial charge in [-0.25, -0.2) is 0 Å². The Kier molecular flexibility index (Phi) is 3.62. The predicted molar refractivity (Wildman–Crippen MR) is 45.4 cm³/mol. The molecule has 1 heterocycles. The van der Waals surface area contributed by atoms with Crippen LogP contribution in [0.25, 0.3) is 0 Å². The van der Waals surface area contributed by atoms with E-state index >= 15 is 0 Å². The zero-order valence-corrected chi connectivity index (χ0v) is 6.95. The molecule has 0 amide bonds. The topological polar surface area (TPSA) is 21.7 Å². The van der Waals surface area contributed by atoms with Crippen molar-refractivity contribution in [1.82, 2.24) is 4.90 Å². The quantitative estimate of drug-likeness (QED) is 0.504. The van der Waals surface area contributed by atoms with E-state index in [4.69, 9.17) is 9.31 Å². The van der Waals surface area contributed by atoms with Crippen molar-refractivity contribution in [2.45, 2.75) is 0 Å². The number of hydrogen-bond acceptors (Lipinski definition) is 3. The molecule has 1 saturated heterocycles. The third-order valence-corrected chi connectivity index (χ3v) is 1.70. The molecule has 0 N–H and O–H groups in total. The van der Waals surface area contributed by atoms with Crippen LogP contribution in [0, 0.1) is 0 Å². The minimum absolute atomic E-state index is 0.205. The van der Waals surface area contributed by atoms with Crippen molar-refractivity contribution in [3.63, 3.8) is 0 Å². The second-order valence-electron chi connectivity index (χ2n) is 2.65. The number of hydrogen-bond donors (Lipinski definition) is 0. The Labute approximate surface area is 68.1 Å². The summed E-state index contributed by atoms with van der Waals surface area (Å²) in [6, 6.07) is 0. The van der Waals surface area contributed by atoms with Crippen molar-refractivity contribution < 1.29 is 9.31 Å². The SMILES string of the molecule is C=CB1OCCN(C)CCO1. The smallest absolute Gasteiger partial charge is 0.406 e. The molecule has 1 fully saturated rings. The Morgan fingerprint density at radius 2 is 1.91 bits per heavy atom. The van der Waals surface area contributed by atoms with E-state index in [2.05, 4.69) is 18.5 Å². The summed E-state index contributed by atoms with van der Waals surface area (Å²) in [5.41, 5.74) is 0. The summed E-state index contributed by atoms with van der Waals surface area (Å²) in [5.74, 6) is 1.69. The summed E-state index contributed by atoms with van der Waals surface area (Å²) in [6.45, 7) is 6.97. The molecule has 11 heavy (non-hydrogen) atoms. The molecule has 0 radical (unpaired) electrons. The fraction of sp³-hybridized carbons (Fsp3) is 0.714. The monoisotopic (exact) mass is 155 g/mol. The zero-order chi connectivity index (χ0) is 8.10. The molecule has 0 spiro atoms. The van der Waals surface area contributed by atoms with E-state index in [1.54, 1.807) is 5.98 Å². The Balaban J connectivity index is 2.28. The highest BCUT2D eigenvalue weighted by atomic mass is 16.6. The van der Waals surface area contributed by atoms with E-state index in [0.29, 0.717) is 13.2 Å². The molecule has 0 bridgehead atoms. The van der Waals surface area contributed by atoms with Crippen molar-refractivity contribution in [3.8, 4) is 0 Å². The first-order valence-electron chi connectivity index (χ1n) is 3.87. The van der Waals surface area contributed by atoms with Gasteiger partial charge in [-0.3, -0.25) is 0 Å². The van der Waals surface area contributed by atoms with E-state index in [9.17, 15) is 0 Å². The van der Waals surface area contributed by atoms with Crippen LogP contribution in [0.5, 0.6) is 0 Å². The molecular formula is C7H14BNO2. The van der Waals surface area contributed by atoms with Gasteiger partial charge in [0.25, 0.3) is 0 Å². The molecule has 1 aliphatic heterocycles. The lowest BCUT2D eigenvalue weighted by molar-refractivity contribution is 0.131. The Bertz CT molecular complexity index is 122. The highest BCUT2D eigenvalue weighted by molar-refractivity contribution is 6.50. The maximum Gasteiger partial charge on any atom is 0.485 e. The van der Waals surface area contributed by atoms with Gasteiger partial charge in [0.1, 0.15) is 0 Å². The third kappa shape index (κ3) is 3.05. The van der Waals surface area contributed by atoms with Crippen LogP contribution in [-0.4, -0.2) is 45.4 Å². The second kappa shape index (κ2) is 4.54. The summed E-state index contributed by atoms with van der Waals surface area (Å²) in [5, 5.41) is 0. The third-order valence-electron chi connectivity index (χ3n) is 1.70. The van der Waals surface area contributed by atoms with Crippen molar-refractivity contribution >= 4 is 7.12 Å². The largest absolute Gasteiger partial charge is 0.485 e. The minimum Gasteiger partial charge on any atom is -0.406 e. The average molecular weight is 155 g/mol. The molecule has 0 saturated carbocycles. The number of rotatable bonds is 1. The minimum atomic E-state index is -0.205. The van der Waals surface area contributed by atoms with Crippen LogP contribution in [0.4, 0.5) is 0 Å². The summed E-state index contributed by atoms with van der Waals surface area (Å²) in [6.07, 6.45) is 0. The Morgan fingerprint density at radius 3 is 2.36 bits per heavy atom. The van der Waals surface area contributed by atoms with Gasteiger partial charge in [0.05, 0.1) is 0 Å². The number of nitrogens with zero attached hydrogens (tertiary/aromatic N) is 1. The van der Waals surface area contributed by atoms with E-state index < -0.39 is 0 Å². The van der Waals surface area contributed by atoms with Gasteiger partial charge < -0.3 is 14.2 Å². The maximum absolute atomic E-state index is 5.32. The normalized spacial score (nSPS) is 22.5. The summed E-state index contributed by atoms with van der Waals surface area (Å²) in [7, 11) is 1.85. The van der Waals surface area contributed by atoms with Gasteiger partial charge in [0.2, 0.25) is 0 Å². The lowest BCUT2D eigenvalue weighted by Gasteiger charge is -2.22. The molecule has 1 rings (SSSR count). The average Bonchev–Trinajstić information content (AvgIpc) is 1.96.